The van der Waals surface area contributed by atoms with Crippen LogP contribution in [-0.2, 0) is 9.59 Å². The quantitative estimate of drug-likeness (QED) is 0.0430. The van der Waals surface area contributed by atoms with E-state index in [0.717, 1.165) is 77.3 Å². The average molecular weight is 1060 g/mol. The molecule has 2 aromatic heterocycles. The van der Waals surface area contributed by atoms with E-state index in [9.17, 15) is 19.2 Å². The molecular weight excluding hydrogens is 978 g/mol. The third kappa shape index (κ3) is 17.1. The van der Waals surface area contributed by atoms with Crippen LogP contribution in [0.2, 0.25) is 10.6 Å². The van der Waals surface area contributed by atoms with Gasteiger partial charge in [-0.1, -0.05) is 79.1 Å². The summed E-state index contributed by atoms with van der Waals surface area (Å²) in [5.41, 5.74) is 10.2. The molecule has 2 unspecified atom stereocenters. The molecular formula is C48H78Cl2F2N14O6. The largest absolute Gasteiger partial charge is 0.465 e. The van der Waals surface area contributed by atoms with Crippen LogP contribution in [0.1, 0.15) is 105 Å². The molecule has 4 fully saturated rings. The highest BCUT2D eigenvalue weighted by molar-refractivity contribution is 6.28. The van der Waals surface area contributed by atoms with Crippen LogP contribution < -0.4 is 42.1 Å². The lowest BCUT2D eigenvalue weighted by atomic mass is 9.78. The number of nitrogens with zero attached hydrogens (tertiary/aromatic N) is 8. The molecule has 20 nitrogen and oxygen atoms in total. The lowest BCUT2D eigenvalue weighted by Gasteiger charge is -2.34. The SMILES string of the molecule is CN(C)CC(C)(C)C1CCN(c2nc(Cl)nc(NNC(=O)[C@@H](CNC(=O)O)CC3CCCC3)c2F)C1.CN(C)CC(C)(C)C1CCN(c2nc(Cl)nc(NNC(=O)[C@@H](CNC(=O)O)CC3CCCC3)c2F)C1. The molecule has 0 radical (unpaired) electrons. The first kappa shape index (κ1) is 58.1. The number of hydrogen-bond donors (Lipinski definition) is 8. The van der Waals surface area contributed by atoms with Gasteiger partial charge in [0.15, 0.2) is 23.3 Å². The molecule has 2 aliphatic heterocycles. The Morgan fingerprint density at radius 3 is 1.29 bits per heavy atom. The number of nitrogens with one attached hydrogen (secondary N) is 6. The molecule has 4 aliphatic rings. The molecule has 4 amide bonds. The van der Waals surface area contributed by atoms with Crippen LogP contribution >= 0.6 is 23.2 Å². The minimum atomic E-state index is -1.19. The summed E-state index contributed by atoms with van der Waals surface area (Å²) in [6, 6.07) is 0. The van der Waals surface area contributed by atoms with E-state index in [4.69, 9.17) is 33.4 Å². The standard InChI is InChI=1S/2C24H39ClFN7O3/c2*1-24(2,14-32(3)4)17-9-10-33(13-17)20-18(26)19(28-22(25)29-20)30-31-21(34)16(12-27-23(35)36)11-15-7-5-6-8-15/h2*15-17,27H,5-14H2,1-4H3,(H,31,34)(H,35,36)(H,28,29,30)/t2*16-,17?/m11/s1. The zero-order valence-corrected chi connectivity index (χ0v) is 44.7. The predicted octanol–water partition coefficient (Wildman–Crippen LogP) is 7.18. The van der Waals surface area contributed by atoms with Gasteiger partial charge in [0, 0.05) is 52.4 Å². The second kappa shape index (κ2) is 26.4. The van der Waals surface area contributed by atoms with Gasteiger partial charge in [0.05, 0.1) is 11.8 Å². The Labute approximate surface area is 432 Å². The van der Waals surface area contributed by atoms with Crippen LogP contribution in [0.15, 0.2) is 0 Å². The van der Waals surface area contributed by atoms with Crippen LogP contribution in [0, 0.1) is 58.0 Å². The molecule has 8 N–H and O–H groups in total. The fourth-order valence-corrected chi connectivity index (χ4v) is 11.5. The molecule has 4 atom stereocenters. The van der Waals surface area contributed by atoms with Crippen molar-refractivity contribution in [2.75, 3.05) is 101 Å². The molecule has 404 valence electrons. The van der Waals surface area contributed by atoms with Crippen molar-refractivity contribution in [2.24, 2.45) is 46.3 Å². The molecule has 4 heterocycles. The normalized spacial score (nSPS) is 19.5. The maximum absolute atomic E-state index is 15.4. The first-order chi connectivity index (χ1) is 33.9. The number of hydrogen-bond acceptors (Lipinski definition) is 14. The Bertz CT molecular complexity index is 2000. The van der Waals surface area contributed by atoms with E-state index in [1.165, 1.54) is 0 Å². The maximum atomic E-state index is 15.4. The summed E-state index contributed by atoms with van der Waals surface area (Å²) in [4.78, 5) is 71.9. The summed E-state index contributed by atoms with van der Waals surface area (Å²) in [5, 5.41) is 22.3. The molecule has 6 rings (SSSR count). The van der Waals surface area contributed by atoms with E-state index < -0.39 is 47.5 Å². The van der Waals surface area contributed by atoms with Crippen molar-refractivity contribution in [1.82, 2.24) is 51.2 Å². The minimum Gasteiger partial charge on any atom is -0.465 e. The second-order valence-corrected chi connectivity index (χ2v) is 22.7. The van der Waals surface area contributed by atoms with Crippen molar-refractivity contribution in [3.05, 3.63) is 22.2 Å². The lowest BCUT2D eigenvalue weighted by molar-refractivity contribution is -0.125. The Morgan fingerprint density at radius 1 is 0.625 bits per heavy atom. The molecule has 24 heteroatoms. The molecule has 72 heavy (non-hydrogen) atoms. The predicted molar refractivity (Wildman–Crippen MR) is 275 cm³/mol. The molecule has 0 aromatic carbocycles. The van der Waals surface area contributed by atoms with Crippen molar-refractivity contribution >= 4 is 70.5 Å². The van der Waals surface area contributed by atoms with E-state index in [1.807, 2.05) is 38.0 Å². The van der Waals surface area contributed by atoms with Gasteiger partial charge in [-0.3, -0.25) is 31.3 Å². The van der Waals surface area contributed by atoms with Gasteiger partial charge in [0.2, 0.25) is 34.0 Å². The van der Waals surface area contributed by atoms with Crippen LogP contribution in [-0.4, -0.2) is 144 Å². The smallest absolute Gasteiger partial charge is 0.404 e. The van der Waals surface area contributed by atoms with Gasteiger partial charge in [0.25, 0.3) is 0 Å². The van der Waals surface area contributed by atoms with Gasteiger partial charge >= 0.3 is 12.2 Å². The number of carbonyl (C=O) groups excluding carboxylic acids is 2. The zero-order chi connectivity index (χ0) is 52.9. The van der Waals surface area contributed by atoms with Crippen LogP contribution in [0.4, 0.5) is 41.6 Å². The van der Waals surface area contributed by atoms with Crippen LogP contribution in [0.25, 0.3) is 0 Å². The number of rotatable bonds is 22. The number of anilines is 4. The van der Waals surface area contributed by atoms with Crippen molar-refractivity contribution < 1.29 is 38.2 Å². The van der Waals surface area contributed by atoms with Gasteiger partial charge < -0.3 is 40.4 Å². The lowest BCUT2D eigenvalue weighted by Crippen LogP contribution is -2.42. The monoisotopic (exact) mass is 1050 g/mol. The summed E-state index contributed by atoms with van der Waals surface area (Å²) >= 11 is 12.2. The molecule has 2 saturated heterocycles. The Kier molecular flexibility index (Phi) is 21.3. The number of hydrazine groups is 2. The van der Waals surface area contributed by atoms with Gasteiger partial charge in [-0.05, 0) is 112 Å². The maximum Gasteiger partial charge on any atom is 0.404 e. The highest BCUT2D eigenvalue weighted by atomic mass is 35.5. The van der Waals surface area contributed by atoms with Gasteiger partial charge in [-0.15, -0.1) is 0 Å². The Hall–Kier alpha value is -4.80. The van der Waals surface area contributed by atoms with Crippen molar-refractivity contribution in [3.63, 3.8) is 0 Å². The van der Waals surface area contributed by atoms with E-state index >= 15 is 8.78 Å². The van der Waals surface area contributed by atoms with Crippen LogP contribution in [0.3, 0.4) is 0 Å². The topological polar surface area (TPSA) is 245 Å². The first-order valence-corrected chi connectivity index (χ1v) is 26.0. The Morgan fingerprint density at radius 2 is 0.972 bits per heavy atom. The van der Waals surface area contributed by atoms with E-state index in [0.29, 0.717) is 62.7 Å². The fourth-order valence-electron chi connectivity index (χ4n) is 11.2. The molecule has 2 saturated carbocycles. The summed E-state index contributed by atoms with van der Waals surface area (Å²) < 4.78 is 30.9. The van der Waals surface area contributed by atoms with E-state index in [1.54, 1.807) is 0 Å². The van der Waals surface area contributed by atoms with E-state index in [2.05, 4.69) is 89.8 Å². The number of carbonyl (C=O) groups is 4. The zero-order valence-electron chi connectivity index (χ0n) is 43.2. The highest BCUT2D eigenvalue weighted by Gasteiger charge is 2.39. The van der Waals surface area contributed by atoms with E-state index in [-0.39, 0.29) is 57.8 Å². The average Bonchev–Trinajstić information content (AvgIpc) is 4.15. The highest BCUT2D eigenvalue weighted by Crippen LogP contribution is 2.40. The van der Waals surface area contributed by atoms with Crippen molar-refractivity contribution in [1.29, 1.82) is 0 Å². The number of amides is 4. The summed E-state index contributed by atoms with van der Waals surface area (Å²) in [5.74, 6) is -2.23. The Balaban J connectivity index is 0.000000267. The molecule has 0 bridgehead atoms. The number of halogens is 4. The third-order valence-corrected chi connectivity index (χ3v) is 15.1. The minimum absolute atomic E-state index is 0.0183. The first-order valence-electron chi connectivity index (χ1n) is 25.2. The summed E-state index contributed by atoms with van der Waals surface area (Å²) in [6.45, 7) is 13.2. The molecule has 2 aliphatic carbocycles. The van der Waals surface area contributed by atoms with Gasteiger partial charge in [-0.25, -0.2) is 9.59 Å². The summed E-state index contributed by atoms with van der Waals surface area (Å²) in [7, 11) is 8.17. The van der Waals surface area contributed by atoms with Gasteiger partial charge in [-0.2, -0.15) is 28.7 Å². The van der Waals surface area contributed by atoms with Crippen molar-refractivity contribution in [2.45, 2.75) is 105 Å². The van der Waals surface area contributed by atoms with Crippen molar-refractivity contribution in [3.8, 4) is 0 Å². The number of aromatic nitrogens is 4. The molecule has 0 spiro atoms. The van der Waals surface area contributed by atoms with Crippen LogP contribution in [0.5, 0.6) is 0 Å². The number of carboxylic acid groups (broad SMARTS) is 2. The third-order valence-electron chi connectivity index (χ3n) is 14.8. The van der Waals surface area contributed by atoms with Gasteiger partial charge in [0.1, 0.15) is 0 Å². The molecule has 2 aromatic rings. The fraction of sp³-hybridized carbons (Fsp3) is 0.750. The second-order valence-electron chi connectivity index (χ2n) is 22.0. The summed E-state index contributed by atoms with van der Waals surface area (Å²) in [6.07, 6.45) is 9.07.